The molecule has 15 rings (SSSR count). The number of rotatable bonds is 6. The van der Waals surface area contributed by atoms with E-state index in [1.165, 1.54) is 111 Å². The Morgan fingerprint density at radius 3 is 1.46 bits per heavy atom. The molecule has 0 heterocycles. The first-order valence-electron chi connectivity index (χ1n) is 24.8. The highest BCUT2D eigenvalue weighted by molar-refractivity contribution is 6.10. The van der Waals surface area contributed by atoms with Gasteiger partial charge in [-0.2, -0.15) is 0 Å². The third-order valence-electron chi connectivity index (χ3n) is 16.1. The summed E-state index contributed by atoms with van der Waals surface area (Å²) in [7, 11) is 0. The Morgan fingerprint density at radius 1 is 0.268 bits per heavy atom. The fourth-order valence-electron chi connectivity index (χ4n) is 13.5. The highest BCUT2D eigenvalue weighted by Crippen LogP contribution is 2.65. The highest BCUT2D eigenvalue weighted by atomic mass is 15.1. The van der Waals surface area contributed by atoms with Gasteiger partial charge in [0.15, 0.2) is 0 Å². The van der Waals surface area contributed by atoms with Gasteiger partial charge in [0.2, 0.25) is 0 Å². The summed E-state index contributed by atoms with van der Waals surface area (Å²) in [6.45, 7) is 0. The lowest BCUT2D eigenvalue weighted by molar-refractivity contribution is 0.767. The van der Waals surface area contributed by atoms with Crippen molar-refractivity contribution in [3.63, 3.8) is 0 Å². The van der Waals surface area contributed by atoms with Crippen molar-refractivity contribution in [2.75, 3.05) is 4.90 Å². The van der Waals surface area contributed by atoms with E-state index in [1.807, 2.05) is 0 Å². The van der Waals surface area contributed by atoms with Gasteiger partial charge in [0.25, 0.3) is 0 Å². The second-order valence-corrected chi connectivity index (χ2v) is 19.4. The molecular formula is C70H45N. The van der Waals surface area contributed by atoms with Crippen LogP contribution in [-0.4, -0.2) is 0 Å². The van der Waals surface area contributed by atoms with Crippen LogP contribution in [0, 0.1) is 0 Å². The number of nitrogens with zero attached hydrogens (tertiary/aromatic N) is 1. The quantitative estimate of drug-likeness (QED) is 0.161. The molecule has 12 aromatic rings. The van der Waals surface area contributed by atoms with Crippen LogP contribution in [0.2, 0.25) is 0 Å². The molecule has 1 unspecified atom stereocenters. The lowest BCUT2D eigenvalue weighted by Gasteiger charge is -2.42. The van der Waals surface area contributed by atoms with Gasteiger partial charge < -0.3 is 4.90 Å². The van der Waals surface area contributed by atoms with Crippen LogP contribution in [0.3, 0.4) is 0 Å². The molecule has 0 aliphatic heterocycles. The third kappa shape index (κ3) is 5.35. The molecule has 1 spiro atoms. The first-order chi connectivity index (χ1) is 35.3. The summed E-state index contributed by atoms with van der Waals surface area (Å²) in [6, 6.07) is 103. The number of hydrogen-bond donors (Lipinski definition) is 0. The van der Waals surface area contributed by atoms with Crippen LogP contribution in [0.4, 0.5) is 17.1 Å². The molecular weight excluding hydrogens is 855 g/mol. The molecule has 0 saturated carbocycles. The maximum Gasteiger partial charge on any atom is 0.0734 e. The van der Waals surface area contributed by atoms with Gasteiger partial charge in [-0.15, -0.1) is 0 Å². The molecule has 0 radical (unpaired) electrons. The molecule has 12 aromatic carbocycles. The lowest BCUT2D eigenvalue weighted by Crippen LogP contribution is -2.33. The Bertz CT molecular complexity index is 4070. The van der Waals surface area contributed by atoms with E-state index >= 15 is 0 Å². The predicted molar refractivity (Wildman–Crippen MR) is 295 cm³/mol. The highest BCUT2D eigenvalue weighted by Gasteiger charge is 2.52. The summed E-state index contributed by atoms with van der Waals surface area (Å²) in [5.74, 6) is 0. The van der Waals surface area contributed by atoms with E-state index in [-0.39, 0.29) is 0 Å². The van der Waals surface area contributed by atoms with Crippen molar-refractivity contribution in [2.24, 2.45) is 0 Å². The molecule has 3 aliphatic rings. The molecule has 3 aliphatic carbocycles. The van der Waals surface area contributed by atoms with E-state index in [4.69, 9.17) is 0 Å². The van der Waals surface area contributed by atoms with Crippen molar-refractivity contribution >= 4 is 38.6 Å². The van der Waals surface area contributed by atoms with Gasteiger partial charge in [-0.25, -0.2) is 0 Å². The third-order valence-corrected chi connectivity index (χ3v) is 16.1. The van der Waals surface area contributed by atoms with Crippen molar-refractivity contribution < 1.29 is 0 Å². The molecule has 1 atom stereocenters. The molecule has 0 bridgehead atoms. The number of benzene rings is 12. The fraction of sp³-hybridized carbons (Fsp3) is 0.0286. The molecule has 0 aromatic heterocycles. The zero-order valence-corrected chi connectivity index (χ0v) is 38.9. The Morgan fingerprint density at radius 2 is 0.746 bits per heavy atom. The average Bonchev–Trinajstić information content (AvgIpc) is 3.93. The van der Waals surface area contributed by atoms with Crippen molar-refractivity contribution in [1.82, 2.24) is 0 Å². The van der Waals surface area contributed by atoms with Gasteiger partial charge in [0.05, 0.1) is 22.2 Å². The van der Waals surface area contributed by atoms with Crippen molar-refractivity contribution in [3.8, 4) is 44.5 Å². The van der Waals surface area contributed by atoms with E-state index in [1.54, 1.807) is 0 Å². The topological polar surface area (TPSA) is 3.24 Å². The molecule has 330 valence electrons. The van der Waals surface area contributed by atoms with E-state index in [0.29, 0.717) is 0 Å². The first-order valence-corrected chi connectivity index (χ1v) is 24.8. The van der Waals surface area contributed by atoms with Crippen LogP contribution in [0.5, 0.6) is 0 Å². The minimum absolute atomic E-state index is 0.631. The van der Waals surface area contributed by atoms with Crippen LogP contribution in [0.15, 0.2) is 273 Å². The minimum Gasteiger partial charge on any atom is -0.310 e. The molecule has 1 heteroatoms. The van der Waals surface area contributed by atoms with Gasteiger partial charge in [0.1, 0.15) is 0 Å². The smallest absolute Gasteiger partial charge is 0.0734 e. The largest absolute Gasteiger partial charge is 0.310 e. The Balaban J connectivity index is 1.10. The maximum absolute atomic E-state index is 2.60. The monoisotopic (exact) mass is 899 g/mol. The minimum atomic E-state index is -0.658. The van der Waals surface area contributed by atoms with Crippen LogP contribution < -0.4 is 4.90 Å². The SMILES string of the molecule is c1ccc(-c2ccc3cccc4c3c2C2(c3ccccc3-c3ccc(N(c5cccc6c5C(c5ccccc5)(c5ccccc5)c5ccccc5-6)c5cccc6ccccc56)cc32)c2ccccc2-4)cc1. The van der Waals surface area contributed by atoms with Crippen LogP contribution in [0.25, 0.3) is 66.1 Å². The van der Waals surface area contributed by atoms with Gasteiger partial charge in [0, 0.05) is 16.6 Å². The average molecular weight is 900 g/mol. The molecule has 0 fully saturated rings. The zero-order chi connectivity index (χ0) is 46.7. The summed E-state index contributed by atoms with van der Waals surface area (Å²) in [5.41, 5.74) is 22.5. The van der Waals surface area contributed by atoms with Crippen molar-refractivity contribution in [3.05, 3.63) is 317 Å². The van der Waals surface area contributed by atoms with Gasteiger partial charge in [-0.3, -0.25) is 0 Å². The number of hydrogen-bond acceptors (Lipinski definition) is 1. The molecule has 0 amide bonds. The summed E-state index contributed by atoms with van der Waals surface area (Å²) in [5, 5.41) is 4.97. The van der Waals surface area contributed by atoms with E-state index in [0.717, 1.165) is 17.1 Å². The lowest BCUT2D eigenvalue weighted by atomic mass is 9.60. The van der Waals surface area contributed by atoms with E-state index in [9.17, 15) is 0 Å². The van der Waals surface area contributed by atoms with Crippen molar-refractivity contribution in [1.29, 1.82) is 0 Å². The Labute approximate surface area is 414 Å². The maximum atomic E-state index is 2.60. The van der Waals surface area contributed by atoms with E-state index < -0.39 is 10.8 Å². The molecule has 71 heavy (non-hydrogen) atoms. The normalized spacial score (nSPS) is 15.2. The van der Waals surface area contributed by atoms with Crippen LogP contribution >= 0.6 is 0 Å². The fourth-order valence-corrected chi connectivity index (χ4v) is 13.5. The Kier molecular flexibility index (Phi) is 8.56. The van der Waals surface area contributed by atoms with Crippen LogP contribution in [0.1, 0.15) is 44.5 Å². The van der Waals surface area contributed by atoms with Gasteiger partial charge in [-0.1, -0.05) is 249 Å². The molecule has 0 saturated heterocycles. The first kappa shape index (κ1) is 39.9. The molecule has 0 N–H and O–H groups in total. The zero-order valence-electron chi connectivity index (χ0n) is 38.9. The second-order valence-electron chi connectivity index (χ2n) is 19.4. The Hall–Kier alpha value is -9.04. The van der Waals surface area contributed by atoms with Gasteiger partial charge in [-0.05, 0) is 124 Å². The summed E-state index contributed by atoms with van der Waals surface area (Å²) < 4.78 is 0. The predicted octanol–water partition coefficient (Wildman–Crippen LogP) is 17.8. The van der Waals surface area contributed by atoms with Crippen molar-refractivity contribution in [2.45, 2.75) is 10.8 Å². The number of fused-ring (bicyclic) bond motifs is 13. The van der Waals surface area contributed by atoms with E-state index in [2.05, 4.69) is 278 Å². The van der Waals surface area contributed by atoms with Gasteiger partial charge >= 0.3 is 0 Å². The summed E-state index contributed by atoms with van der Waals surface area (Å²) >= 11 is 0. The standard InChI is InChI=1S/C70H45N/c1-4-21-47(22-5-1)53-43-41-48-25-18-34-58-55-32-13-17-38-62(55)70(68(53)66(48)58)61-37-16-12-31-54(61)57-44-42-51(45-63(57)70)71(64-39-19-24-46-23-10-11-30-52(46)64)65-40-20-35-59-56-33-14-15-36-60(56)69(67(59)65,49-26-6-2-7-27-49)50-28-8-3-9-29-50/h1-45H. The second kappa shape index (κ2) is 15.2. The number of anilines is 3. The summed E-state index contributed by atoms with van der Waals surface area (Å²) in [4.78, 5) is 2.60. The molecule has 1 nitrogen and oxygen atoms in total. The van der Waals surface area contributed by atoms with Crippen LogP contribution in [-0.2, 0) is 10.8 Å². The summed E-state index contributed by atoms with van der Waals surface area (Å²) in [6.07, 6.45) is 0.